The van der Waals surface area contributed by atoms with E-state index in [9.17, 15) is 10.2 Å². The zero-order valence-electron chi connectivity index (χ0n) is 22.0. The lowest BCUT2D eigenvalue weighted by atomic mass is 9.51. The number of pyridine rings is 1. The molecule has 4 N–H and O–H groups in total. The highest BCUT2D eigenvalue weighted by molar-refractivity contribution is 5.88. The van der Waals surface area contributed by atoms with E-state index in [1.54, 1.807) is 6.20 Å². The molecule has 2 aromatic rings. The highest BCUT2D eigenvalue weighted by Crippen LogP contribution is 2.72. The molecule has 3 aliphatic carbocycles. The number of anilines is 1. The van der Waals surface area contributed by atoms with Gasteiger partial charge in [-0.05, 0) is 93.1 Å². The topological polar surface area (TPSA) is 91.8 Å². The van der Waals surface area contributed by atoms with Gasteiger partial charge in [-0.1, -0.05) is 25.1 Å². The lowest BCUT2D eigenvalue weighted by molar-refractivity contribution is -0.314. The van der Waals surface area contributed by atoms with Crippen molar-refractivity contribution >= 4 is 22.2 Å². The molecule has 2 aliphatic heterocycles. The zero-order chi connectivity index (χ0) is 26.0. The number of ether oxygens (including phenoxy) is 1. The molecule has 6 nitrogen and oxygen atoms in total. The maximum atomic E-state index is 17.2. The van der Waals surface area contributed by atoms with E-state index >= 15 is 4.39 Å². The first-order valence-electron chi connectivity index (χ1n) is 13.8. The quantitative estimate of drug-likeness (QED) is 0.567. The molecule has 2 saturated carbocycles. The molecule has 37 heavy (non-hydrogen) atoms. The molecule has 7 rings (SSSR count). The molecule has 3 unspecified atom stereocenters. The van der Waals surface area contributed by atoms with Crippen LogP contribution >= 0.6 is 0 Å². The monoisotopic (exact) mass is 507 g/mol. The molecule has 2 bridgehead atoms. The average molecular weight is 508 g/mol. The fourth-order valence-electron chi connectivity index (χ4n) is 9.33. The predicted octanol–water partition coefficient (Wildman–Crippen LogP) is 4.09. The van der Waals surface area contributed by atoms with E-state index in [1.165, 1.54) is 5.57 Å². The number of fused-ring (bicyclic) bond motifs is 2. The molecule has 1 aromatic heterocycles. The first-order valence-corrected chi connectivity index (χ1v) is 13.8. The standard InChI is InChI=1S/C30H38FN3O3/c1-27-8-10-29(31)14-21-25(35)26(36)22(34(2)3)15-28(21)9-11-30(29,37-28)23(27)7-6-20(27)17-4-5-18-16-33-24(32)13-19(18)12-17/h4-6,12-13,16,21-23,25-26,35-36H,7-11,14-15H2,1-3H3,(H2,32,33)/t21?,22-,23?,25+,26+,27+,28+,29?,30-/m0/s1. The van der Waals surface area contributed by atoms with Crippen LogP contribution in [0.3, 0.4) is 0 Å². The normalized spacial score (nSPS) is 46.5. The number of nitrogens with zero attached hydrogens (tertiary/aromatic N) is 2. The van der Waals surface area contributed by atoms with Crippen molar-refractivity contribution in [1.82, 2.24) is 9.88 Å². The van der Waals surface area contributed by atoms with Gasteiger partial charge >= 0.3 is 0 Å². The number of rotatable bonds is 2. The van der Waals surface area contributed by atoms with E-state index in [-0.39, 0.29) is 29.7 Å². The maximum absolute atomic E-state index is 17.2. The minimum absolute atomic E-state index is 0.0362. The number of halogens is 1. The van der Waals surface area contributed by atoms with Crippen LogP contribution in [-0.4, -0.2) is 69.3 Å². The number of nitrogens with two attached hydrogens (primary N) is 1. The van der Waals surface area contributed by atoms with Crippen molar-refractivity contribution < 1.29 is 19.3 Å². The molecule has 2 saturated heterocycles. The Labute approximate surface area is 217 Å². The van der Waals surface area contributed by atoms with Crippen molar-refractivity contribution in [3.05, 3.63) is 42.1 Å². The number of aliphatic hydroxyl groups excluding tert-OH is 2. The Kier molecular flexibility index (Phi) is 4.89. The molecular formula is C30H38FN3O3. The molecule has 5 aliphatic rings. The summed E-state index contributed by atoms with van der Waals surface area (Å²) in [4.78, 5) is 6.20. The third kappa shape index (κ3) is 2.97. The van der Waals surface area contributed by atoms with Gasteiger partial charge in [-0.15, -0.1) is 0 Å². The minimum atomic E-state index is -1.50. The molecule has 4 fully saturated rings. The molecular weight excluding hydrogens is 469 g/mol. The molecule has 3 heterocycles. The third-order valence-corrected chi connectivity index (χ3v) is 11.3. The highest BCUT2D eigenvalue weighted by atomic mass is 19.1. The van der Waals surface area contributed by atoms with Gasteiger partial charge < -0.3 is 25.6 Å². The summed E-state index contributed by atoms with van der Waals surface area (Å²) in [5.74, 6) is 0.163. The number of alkyl halides is 1. The van der Waals surface area contributed by atoms with Crippen LogP contribution in [0.2, 0.25) is 0 Å². The smallest absolute Gasteiger partial charge is 0.140 e. The van der Waals surface area contributed by atoms with E-state index in [2.05, 4.69) is 36.2 Å². The van der Waals surface area contributed by atoms with Gasteiger partial charge in [-0.25, -0.2) is 9.37 Å². The van der Waals surface area contributed by atoms with Crippen molar-refractivity contribution in [1.29, 1.82) is 0 Å². The first-order chi connectivity index (χ1) is 17.5. The second-order valence-corrected chi connectivity index (χ2v) is 13.0. The number of aromatic nitrogens is 1. The van der Waals surface area contributed by atoms with Crippen molar-refractivity contribution in [2.24, 2.45) is 17.3 Å². The molecule has 198 valence electrons. The highest BCUT2D eigenvalue weighted by Gasteiger charge is 2.77. The van der Waals surface area contributed by atoms with E-state index in [0.29, 0.717) is 25.1 Å². The Bertz CT molecular complexity index is 1320. The Hall–Kier alpha value is -2.06. The lowest BCUT2D eigenvalue weighted by Gasteiger charge is -2.64. The molecule has 0 amide bonds. The van der Waals surface area contributed by atoms with Gasteiger partial charge in [-0.2, -0.15) is 0 Å². The largest absolute Gasteiger partial charge is 0.390 e. The number of hydrogen-bond donors (Lipinski definition) is 3. The van der Waals surface area contributed by atoms with Crippen molar-refractivity contribution in [2.75, 3.05) is 19.8 Å². The summed E-state index contributed by atoms with van der Waals surface area (Å²) in [5, 5.41) is 24.2. The summed E-state index contributed by atoms with van der Waals surface area (Å²) in [7, 11) is 3.87. The average Bonchev–Trinajstić information content (AvgIpc) is 3.39. The molecule has 7 heteroatoms. The zero-order valence-corrected chi connectivity index (χ0v) is 22.0. The van der Waals surface area contributed by atoms with Crippen LogP contribution < -0.4 is 5.73 Å². The van der Waals surface area contributed by atoms with Crippen LogP contribution in [0.15, 0.2) is 36.5 Å². The van der Waals surface area contributed by atoms with E-state index in [4.69, 9.17) is 10.5 Å². The van der Waals surface area contributed by atoms with Crippen LogP contribution in [0.1, 0.15) is 57.4 Å². The molecule has 9 atom stereocenters. The summed E-state index contributed by atoms with van der Waals surface area (Å²) in [5.41, 5.74) is 5.26. The first kappa shape index (κ1) is 24.0. The van der Waals surface area contributed by atoms with Gasteiger partial charge in [0.2, 0.25) is 0 Å². The van der Waals surface area contributed by atoms with Gasteiger partial charge in [0.05, 0.1) is 17.8 Å². The van der Waals surface area contributed by atoms with E-state index < -0.39 is 29.1 Å². The second kappa shape index (κ2) is 7.53. The number of nitrogen functional groups attached to an aromatic ring is 1. The number of aliphatic hydroxyl groups is 2. The van der Waals surface area contributed by atoms with Gasteiger partial charge in [0.1, 0.15) is 17.1 Å². The summed E-state index contributed by atoms with van der Waals surface area (Å²) >= 11 is 0. The van der Waals surface area contributed by atoms with Crippen LogP contribution in [0.25, 0.3) is 16.3 Å². The van der Waals surface area contributed by atoms with E-state index in [1.807, 2.05) is 25.1 Å². The van der Waals surface area contributed by atoms with Gasteiger partial charge in [0.15, 0.2) is 0 Å². The fourth-order valence-corrected chi connectivity index (χ4v) is 9.33. The molecule has 1 aromatic carbocycles. The van der Waals surface area contributed by atoms with Gasteiger partial charge in [-0.3, -0.25) is 0 Å². The van der Waals surface area contributed by atoms with Crippen molar-refractivity contribution in [3.8, 4) is 0 Å². The minimum Gasteiger partial charge on any atom is -0.390 e. The summed E-state index contributed by atoms with van der Waals surface area (Å²) in [6.07, 6.45) is 6.50. The van der Waals surface area contributed by atoms with Gasteiger partial charge in [0.25, 0.3) is 0 Å². The van der Waals surface area contributed by atoms with Crippen LogP contribution in [0.5, 0.6) is 0 Å². The Morgan fingerprint density at radius 2 is 1.86 bits per heavy atom. The Morgan fingerprint density at radius 1 is 1.05 bits per heavy atom. The number of hydrogen-bond acceptors (Lipinski definition) is 6. The third-order valence-electron chi connectivity index (χ3n) is 11.3. The van der Waals surface area contributed by atoms with Crippen LogP contribution in [-0.2, 0) is 4.74 Å². The van der Waals surface area contributed by atoms with Crippen LogP contribution in [0.4, 0.5) is 10.2 Å². The molecule has 2 spiro atoms. The van der Waals surface area contributed by atoms with Crippen molar-refractivity contribution in [2.45, 2.75) is 87.0 Å². The summed E-state index contributed by atoms with van der Waals surface area (Å²) < 4.78 is 24.3. The second-order valence-electron chi connectivity index (χ2n) is 13.0. The maximum Gasteiger partial charge on any atom is 0.140 e. The number of benzene rings is 1. The van der Waals surface area contributed by atoms with Gasteiger partial charge in [0, 0.05) is 29.5 Å². The summed E-state index contributed by atoms with van der Waals surface area (Å²) in [6, 6.07) is 8.15. The lowest BCUT2D eigenvalue weighted by Crippen LogP contribution is -2.72. The molecule has 0 radical (unpaired) electrons. The number of likely N-dealkylation sites (N-methyl/N-ethyl adjacent to an activating group) is 1. The Morgan fingerprint density at radius 3 is 2.65 bits per heavy atom. The SMILES string of the molecule is CN(C)[C@H]1C[C@@]23CC[C@]4(O2)C2CC=C(c5ccc6cnc(N)cc6c5)[C@@]2(C)CCC4(F)CC3[C@@H](O)[C@@H]1O. The van der Waals surface area contributed by atoms with E-state index in [0.717, 1.165) is 35.6 Å². The summed E-state index contributed by atoms with van der Waals surface area (Å²) in [6.45, 7) is 2.30. The predicted molar refractivity (Wildman–Crippen MR) is 141 cm³/mol. The number of allylic oxidation sites excluding steroid dienone is 2. The Balaban J connectivity index is 1.27. The fraction of sp³-hybridized carbons (Fsp3) is 0.633. The van der Waals surface area contributed by atoms with Crippen molar-refractivity contribution in [3.63, 3.8) is 0 Å². The van der Waals surface area contributed by atoms with Crippen LogP contribution in [0, 0.1) is 17.3 Å².